The zero-order chi connectivity index (χ0) is 15.6. The van der Waals surface area contributed by atoms with E-state index in [4.69, 9.17) is 39.5 Å². The summed E-state index contributed by atoms with van der Waals surface area (Å²) in [7, 11) is 0. The Labute approximate surface area is 134 Å². The van der Waals surface area contributed by atoms with E-state index >= 15 is 0 Å². The third kappa shape index (κ3) is 3.93. The number of nitrogens with zero attached hydrogens (tertiary/aromatic N) is 3. The summed E-state index contributed by atoms with van der Waals surface area (Å²) in [5, 5.41) is 11.0. The largest absolute Gasteiger partial charge is 0.482 e. The quantitative estimate of drug-likeness (QED) is 0.469. The third-order valence-corrected chi connectivity index (χ3v) is 3.16. The predicted octanol–water partition coefficient (Wildman–Crippen LogP) is 4.23. The van der Waals surface area contributed by atoms with E-state index in [0.717, 1.165) is 12.1 Å². The van der Waals surface area contributed by atoms with Crippen LogP contribution in [0.15, 0.2) is 18.2 Å². The number of benzene rings is 1. The molecule has 1 heterocycles. The van der Waals surface area contributed by atoms with Crippen LogP contribution in [0.3, 0.4) is 0 Å². The maximum atomic E-state index is 10.7. The summed E-state index contributed by atoms with van der Waals surface area (Å²) < 4.78 is 5.43. The minimum atomic E-state index is -0.592. The number of rotatable bonds is 4. The molecule has 0 amide bonds. The van der Waals surface area contributed by atoms with E-state index in [0.29, 0.717) is 16.7 Å². The number of hydrogen-bond acceptors (Lipinski definition) is 5. The van der Waals surface area contributed by atoms with Crippen LogP contribution in [-0.4, -0.2) is 14.9 Å². The SMILES string of the molecule is Cc1cc(Cl)nc(COc2c(Cl)cc([N+](=O)[O-])cc2Cl)n1. The lowest BCUT2D eigenvalue weighted by atomic mass is 10.3. The van der Waals surface area contributed by atoms with Crippen LogP contribution in [0.25, 0.3) is 0 Å². The van der Waals surface area contributed by atoms with Gasteiger partial charge in [-0.2, -0.15) is 0 Å². The maximum Gasteiger partial charge on any atom is 0.272 e. The lowest BCUT2D eigenvalue weighted by molar-refractivity contribution is -0.384. The monoisotopic (exact) mass is 347 g/mol. The van der Waals surface area contributed by atoms with Crippen LogP contribution in [0.4, 0.5) is 5.69 Å². The van der Waals surface area contributed by atoms with Crippen molar-refractivity contribution in [2.75, 3.05) is 0 Å². The van der Waals surface area contributed by atoms with Crippen LogP contribution in [0, 0.1) is 17.0 Å². The molecule has 1 aromatic carbocycles. The Morgan fingerprint density at radius 1 is 1.19 bits per heavy atom. The Morgan fingerprint density at radius 3 is 2.33 bits per heavy atom. The molecule has 1 aromatic heterocycles. The molecule has 0 unspecified atom stereocenters. The van der Waals surface area contributed by atoms with Crippen molar-refractivity contribution in [1.82, 2.24) is 9.97 Å². The number of nitro groups is 1. The van der Waals surface area contributed by atoms with Crippen LogP contribution >= 0.6 is 34.8 Å². The van der Waals surface area contributed by atoms with Gasteiger partial charge in [0.15, 0.2) is 11.6 Å². The third-order valence-electron chi connectivity index (χ3n) is 2.41. The van der Waals surface area contributed by atoms with Crippen LogP contribution in [0.2, 0.25) is 15.2 Å². The molecule has 0 spiro atoms. The number of ether oxygens (including phenoxy) is 1. The van der Waals surface area contributed by atoms with E-state index in [2.05, 4.69) is 9.97 Å². The van der Waals surface area contributed by atoms with Gasteiger partial charge in [0.05, 0.1) is 15.0 Å². The second-order valence-electron chi connectivity index (χ2n) is 4.03. The lowest BCUT2D eigenvalue weighted by Gasteiger charge is -2.09. The summed E-state index contributed by atoms with van der Waals surface area (Å²) in [6.07, 6.45) is 0. The van der Waals surface area contributed by atoms with E-state index < -0.39 is 4.92 Å². The molecule has 0 atom stereocenters. The first-order valence-corrected chi connectivity index (χ1v) is 6.76. The summed E-state index contributed by atoms with van der Waals surface area (Å²) in [6.45, 7) is 1.75. The summed E-state index contributed by atoms with van der Waals surface area (Å²) in [5.74, 6) is 0.482. The highest BCUT2D eigenvalue weighted by Gasteiger charge is 2.16. The fraction of sp³-hybridized carbons (Fsp3) is 0.167. The predicted molar refractivity (Wildman–Crippen MR) is 79.2 cm³/mol. The van der Waals surface area contributed by atoms with Crippen molar-refractivity contribution in [3.63, 3.8) is 0 Å². The minimum Gasteiger partial charge on any atom is -0.482 e. The van der Waals surface area contributed by atoms with Gasteiger partial charge in [0.1, 0.15) is 11.8 Å². The van der Waals surface area contributed by atoms with Gasteiger partial charge < -0.3 is 4.74 Å². The van der Waals surface area contributed by atoms with Crippen LogP contribution in [-0.2, 0) is 6.61 Å². The fourth-order valence-electron chi connectivity index (χ4n) is 1.58. The normalized spacial score (nSPS) is 10.5. The lowest BCUT2D eigenvalue weighted by Crippen LogP contribution is -2.03. The molecule has 0 radical (unpaired) electrons. The van der Waals surface area contributed by atoms with Gasteiger partial charge in [0, 0.05) is 17.8 Å². The molecule has 2 rings (SSSR count). The summed E-state index contributed by atoms with van der Waals surface area (Å²) in [5.41, 5.74) is 0.474. The first-order chi connectivity index (χ1) is 9.86. The van der Waals surface area contributed by atoms with Crippen molar-refractivity contribution >= 4 is 40.5 Å². The molecule has 21 heavy (non-hydrogen) atoms. The van der Waals surface area contributed by atoms with Crippen molar-refractivity contribution in [2.45, 2.75) is 13.5 Å². The number of hydrogen-bond donors (Lipinski definition) is 0. The van der Waals surface area contributed by atoms with E-state index in [1.165, 1.54) is 0 Å². The van der Waals surface area contributed by atoms with Gasteiger partial charge >= 0.3 is 0 Å². The summed E-state index contributed by atoms with van der Waals surface area (Å²) in [4.78, 5) is 18.2. The van der Waals surface area contributed by atoms with Crippen molar-refractivity contribution < 1.29 is 9.66 Å². The smallest absolute Gasteiger partial charge is 0.272 e. The molecular weight excluding hydrogens is 341 g/mol. The zero-order valence-electron chi connectivity index (χ0n) is 10.6. The van der Waals surface area contributed by atoms with Crippen molar-refractivity contribution in [3.05, 3.63) is 55.0 Å². The van der Waals surface area contributed by atoms with Gasteiger partial charge in [-0.1, -0.05) is 34.8 Å². The van der Waals surface area contributed by atoms with Crippen LogP contribution in [0.1, 0.15) is 11.5 Å². The molecule has 0 aliphatic heterocycles. The molecule has 0 N–H and O–H groups in total. The molecule has 0 bridgehead atoms. The molecule has 0 aliphatic carbocycles. The van der Waals surface area contributed by atoms with Gasteiger partial charge in [0.2, 0.25) is 0 Å². The molecule has 6 nitrogen and oxygen atoms in total. The van der Waals surface area contributed by atoms with E-state index in [9.17, 15) is 10.1 Å². The Morgan fingerprint density at radius 2 is 1.81 bits per heavy atom. The van der Waals surface area contributed by atoms with E-state index in [-0.39, 0.29) is 28.1 Å². The van der Waals surface area contributed by atoms with Gasteiger partial charge in [-0.15, -0.1) is 0 Å². The van der Waals surface area contributed by atoms with E-state index in [1.807, 2.05) is 0 Å². The Kier molecular flexibility index (Phi) is 4.82. The average Bonchev–Trinajstić information content (AvgIpc) is 2.36. The second kappa shape index (κ2) is 6.43. The molecule has 110 valence electrons. The topological polar surface area (TPSA) is 78.2 Å². The van der Waals surface area contributed by atoms with Gasteiger partial charge in [-0.25, -0.2) is 9.97 Å². The number of nitro benzene ring substituents is 1. The number of aromatic nitrogens is 2. The Bertz CT molecular complexity index is 666. The molecule has 2 aromatic rings. The molecule has 0 saturated carbocycles. The Hall–Kier alpha value is -1.63. The molecule has 9 heteroatoms. The first kappa shape index (κ1) is 15.8. The highest BCUT2D eigenvalue weighted by molar-refractivity contribution is 6.37. The van der Waals surface area contributed by atoms with Gasteiger partial charge in [0.25, 0.3) is 5.69 Å². The number of non-ortho nitro benzene ring substituents is 1. The first-order valence-electron chi connectivity index (χ1n) is 5.63. The summed E-state index contributed by atoms with van der Waals surface area (Å²) >= 11 is 17.7. The van der Waals surface area contributed by atoms with Crippen LogP contribution < -0.4 is 4.74 Å². The standard InChI is InChI=1S/C12H8Cl3N3O3/c1-6-2-10(15)17-11(16-6)5-21-12-8(13)3-7(18(19)20)4-9(12)14/h2-4H,5H2,1H3. The van der Waals surface area contributed by atoms with Crippen molar-refractivity contribution in [3.8, 4) is 5.75 Å². The number of halogens is 3. The highest BCUT2D eigenvalue weighted by Crippen LogP contribution is 2.37. The molecule has 0 aliphatic rings. The van der Waals surface area contributed by atoms with E-state index in [1.54, 1.807) is 13.0 Å². The average molecular weight is 349 g/mol. The molecule has 0 fully saturated rings. The molecular formula is C12H8Cl3N3O3. The zero-order valence-corrected chi connectivity index (χ0v) is 12.9. The highest BCUT2D eigenvalue weighted by atomic mass is 35.5. The fourth-order valence-corrected chi connectivity index (χ4v) is 2.42. The van der Waals surface area contributed by atoms with Crippen molar-refractivity contribution in [1.29, 1.82) is 0 Å². The summed E-state index contributed by atoms with van der Waals surface area (Å²) in [6, 6.07) is 3.93. The number of aryl methyl sites for hydroxylation is 1. The van der Waals surface area contributed by atoms with Gasteiger partial charge in [-0.05, 0) is 13.0 Å². The van der Waals surface area contributed by atoms with Gasteiger partial charge in [-0.3, -0.25) is 10.1 Å². The van der Waals surface area contributed by atoms with Crippen molar-refractivity contribution in [2.24, 2.45) is 0 Å². The minimum absolute atomic E-state index is 0.0152. The Balaban J connectivity index is 2.22. The maximum absolute atomic E-state index is 10.7. The molecule has 0 saturated heterocycles. The van der Waals surface area contributed by atoms with Crippen LogP contribution in [0.5, 0.6) is 5.75 Å². The second-order valence-corrected chi connectivity index (χ2v) is 5.23.